The zero-order valence-corrected chi connectivity index (χ0v) is 12.7. The third-order valence-corrected chi connectivity index (χ3v) is 3.17. The highest BCUT2D eigenvalue weighted by molar-refractivity contribution is 5.38. The fraction of sp³-hybridized carbons (Fsp3) is 0.600. The summed E-state index contributed by atoms with van der Waals surface area (Å²) in [6.07, 6.45) is 4.61. The number of fused-ring (bicyclic) bond motifs is 1. The van der Waals surface area contributed by atoms with Crippen LogP contribution in [-0.2, 0) is 6.54 Å². The molecular weight excluding hydrogens is 252 g/mol. The molecule has 0 fully saturated rings. The van der Waals surface area contributed by atoms with Gasteiger partial charge in [0.1, 0.15) is 0 Å². The molecule has 5 heteroatoms. The van der Waals surface area contributed by atoms with Gasteiger partial charge in [-0.25, -0.2) is 9.50 Å². The Balaban J connectivity index is 1.92. The maximum atomic E-state index is 10.2. The molecule has 0 bridgehead atoms. The van der Waals surface area contributed by atoms with Crippen molar-refractivity contribution in [1.29, 1.82) is 0 Å². The number of nitrogens with zero attached hydrogens (tertiary/aromatic N) is 3. The molecule has 0 aliphatic rings. The number of aryl methyl sites for hydroxylation is 1. The largest absolute Gasteiger partial charge is 0.389 e. The van der Waals surface area contributed by atoms with Crippen LogP contribution in [0.5, 0.6) is 0 Å². The second-order valence-corrected chi connectivity index (χ2v) is 6.25. The van der Waals surface area contributed by atoms with Crippen molar-refractivity contribution in [3.63, 3.8) is 0 Å². The van der Waals surface area contributed by atoms with Crippen LogP contribution in [0.25, 0.3) is 5.65 Å². The molecule has 2 aromatic rings. The molecule has 20 heavy (non-hydrogen) atoms. The predicted octanol–water partition coefficient (Wildman–Crippen LogP) is 1.92. The second kappa shape index (κ2) is 5.89. The lowest BCUT2D eigenvalue weighted by Crippen LogP contribution is -2.38. The molecule has 110 valence electrons. The van der Waals surface area contributed by atoms with Crippen molar-refractivity contribution < 1.29 is 5.11 Å². The van der Waals surface area contributed by atoms with Gasteiger partial charge in [-0.15, -0.1) is 0 Å². The Morgan fingerprint density at radius 2 is 2.20 bits per heavy atom. The Labute approximate surface area is 120 Å². The Kier molecular flexibility index (Phi) is 4.40. The van der Waals surface area contributed by atoms with Crippen LogP contribution in [0.1, 0.15) is 38.4 Å². The Morgan fingerprint density at radius 1 is 1.45 bits per heavy atom. The summed E-state index contributed by atoms with van der Waals surface area (Å²) in [7, 11) is 0. The summed E-state index contributed by atoms with van der Waals surface area (Å²) < 4.78 is 1.79. The van der Waals surface area contributed by atoms with Gasteiger partial charge >= 0.3 is 0 Å². The summed E-state index contributed by atoms with van der Waals surface area (Å²) in [5, 5.41) is 17.9. The quantitative estimate of drug-likeness (QED) is 0.846. The summed E-state index contributed by atoms with van der Waals surface area (Å²) in [4.78, 5) is 4.36. The summed E-state index contributed by atoms with van der Waals surface area (Å²) in [6.45, 7) is 9.31. The normalized spacial score (nSPS) is 14.9. The van der Waals surface area contributed by atoms with E-state index < -0.39 is 5.60 Å². The Hall–Kier alpha value is -1.46. The number of nitrogens with one attached hydrogen (secondary N) is 1. The van der Waals surface area contributed by atoms with E-state index in [1.165, 1.54) is 0 Å². The molecule has 0 aromatic carbocycles. The monoisotopic (exact) mass is 276 g/mol. The van der Waals surface area contributed by atoms with Crippen molar-refractivity contribution in [3.05, 3.63) is 29.7 Å². The van der Waals surface area contributed by atoms with E-state index in [1.807, 2.05) is 32.3 Å². The van der Waals surface area contributed by atoms with Crippen LogP contribution in [0, 0.1) is 12.8 Å². The summed E-state index contributed by atoms with van der Waals surface area (Å²) >= 11 is 0. The van der Waals surface area contributed by atoms with Crippen molar-refractivity contribution in [2.75, 3.05) is 6.54 Å². The second-order valence-electron chi connectivity index (χ2n) is 6.25. The van der Waals surface area contributed by atoms with Gasteiger partial charge in [-0.1, -0.05) is 13.8 Å². The van der Waals surface area contributed by atoms with Crippen molar-refractivity contribution >= 4 is 5.65 Å². The van der Waals surface area contributed by atoms with Crippen LogP contribution in [-0.4, -0.2) is 31.9 Å². The van der Waals surface area contributed by atoms with Crippen molar-refractivity contribution in [2.24, 2.45) is 5.92 Å². The number of hydrogen-bond donors (Lipinski definition) is 2. The van der Waals surface area contributed by atoms with Crippen LogP contribution in [0.15, 0.2) is 18.5 Å². The van der Waals surface area contributed by atoms with E-state index in [2.05, 4.69) is 29.2 Å². The summed E-state index contributed by atoms with van der Waals surface area (Å²) in [6, 6.07) is 1.95. The zero-order valence-electron chi connectivity index (χ0n) is 12.7. The van der Waals surface area contributed by atoms with Crippen molar-refractivity contribution in [3.8, 4) is 0 Å². The van der Waals surface area contributed by atoms with E-state index in [0.717, 1.165) is 23.3 Å². The van der Waals surface area contributed by atoms with Gasteiger partial charge in [0.2, 0.25) is 0 Å². The lowest BCUT2D eigenvalue weighted by Gasteiger charge is -2.25. The number of aromatic nitrogens is 3. The smallest absolute Gasteiger partial charge is 0.155 e. The highest BCUT2D eigenvalue weighted by Gasteiger charge is 2.21. The average molecular weight is 276 g/mol. The van der Waals surface area contributed by atoms with Gasteiger partial charge in [0.25, 0.3) is 0 Å². The Morgan fingerprint density at radius 3 is 2.90 bits per heavy atom. The first-order chi connectivity index (χ1) is 9.35. The minimum Gasteiger partial charge on any atom is -0.389 e. The molecular formula is C15H24N4O. The van der Waals surface area contributed by atoms with Crippen molar-refractivity contribution in [1.82, 2.24) is 19.9 Å². The van der Waals surface area contributed by atoms with Crippen LogP contribution in [0.3, 0.4) is 0 Å². The van der Waals surface area contributed by atoms with Crippen LogP contribution < -0.4 is 5.32 Å². The molecule has 0 spiro atoms. The molecule has 0 aliphatic carbocycles. The molecule has 0 aliphatic heterocycles. The number of rotatable bonds is 6. The van der Waals surface area contributed by atoms with Crippen molar-refractivity contribution in [2.45, 2.75) is 46.3 Å². The number of aliphatic hydroxyl groups is 1. The van der Waals surface area contributed by atoms with Crippen LogP contribution in [0.4, 0.5) is 0 Å². The van der Waals surface area contributed by atoms with Gasteiger partial charge < -0.3 is 10.4 Å². The molecule has 2 rings (SSSR count). The molecule has 5 nitrogen and oxygen atoms in total. The van der Waals surface area contributed by atoms with E-state index in [-0.39, 0.29) is 0 Å². The molecule has 0 radical (unpaired) electrons. The Bertz CT molecular complexity index is 574. The topological polar surface area (TPSA) is 62.5 Å². The minimum atomic E-state index is -0.673. The van der Waals surface area contributed by atoms with Gasteiger partial charge in [0.15, 0.2) is 5.65 Å². The fourth-order valence-corrected chi connectivity index (χ4v) is 2.55. The van der Waals surface area contributed by atoms with Gasteiger partial charge in [-0.3, -0.25) is 0 Å². The van der Waals surface area contributed by atoms with Gasteiger partial charge in [0, 0.05) is 37.1 Å². The molecule has 0 saturated carbocycles. The molecule has 2 N–H and O–H groups in total. The highest BCUT2D eigenvalue weighted by atomic mass is 16.3. The van der Waals surface area contributed by atoms with E-state index in [9.17, 15) is 5.11 Å². The third-order valence-electron chi connectivity index (χ3n) is 3.17. The molecule has 0 saturated heterocycles. The molecule has 1 atom stereocenters. The maximum absolute atomic E-state index is 10.2. The van der Waals surface area contributed by atoms with E-state index >= 15 is 0 Å². The predicted molar refractivity (Wildman–Crippen MR) is 79.5 cm³/mol. The summed E-state index contributed by atoms with van der Waals surface area (Å²) in [5.74, 6) is 0.483. The van der Waals surface area contributed by atoms with Crippen LogP contribution in [0.2, 0.25) is 0 Å². The molecule has 0 amide bonds. The maximum Gasteiger partial charge on any atom is 0.155 e. The van der Waals surface area contributed by atoms with Gasteiger partial charge in [-0.05, 0) is 26.2 Å². The van der Waals surface area contributed by atoms with Crippen LogP contribution >= 0.6 is 0 Å². The van der Waals surface area contributed by atoms with Gasteiger partial charge in [0.05, 0.1) is 11.3 Å². The SMILES string of the molecule is Cc1cc2ncc(CNCC(C)(O)CC(C)C)cn2n1. The standard InChI is InChI=1S/C15H24N4O/c1-11(2)6-15(4,20)10-16-7-13-8-17-14-5-12(3)18-19(14)9-13/h5,8-9,11,16,20H,6-7,10H2,1-4H3. The first kappa shape index (κ1) is 14.9. The lowest BCUT2D eigenvalue weighted by atomic mass is 9.94. The first-order valence-electron chi connectivity index (χ1n) is 7.10. The fourth-order valence-electron chi connectivity index (χ4n) is 2.55. The van der Waals surface area contributed by atoms with E-state index in [0.29, 0.717) is 19.0 Å². The molecule has 2 heterocycles. The average Bonchev–Trinajstić information content (AvgIpc) is 2.66. The van der Waals surface area contributed by atoms with Gasteiger partial charge in [-0.2, -0.15) is 5.10 Å². The zero-order chi connectivity index (χ0) is 14.8. The number of hydrogen-bond acceptors (Lipinski definition) is 4. The van der Waals surface area contributed by atoms with E-state index in [4.69, 9.17) is 0 Å². The lowest BCUT2D eigenvalue weighted by molar-refractivity contribution is 0.0383. The third kappa shape index (κ3) is 4.02. The molecule has 2 aromatic heterocycles. The molecule has 1 unspecified atom stereocenters. The highest BCUT2D eigenvalue weighted by Crippen LogP contribution is 2.15. The van der Waals surface area contributed by atoms with E-state index in [1.54, 1.807) is 4.52 Å². The minimum absolute atomic E-state index is 0.483. The first-order valence-corrected chi connectivity index (χ1v) is 7.10. The summed E-state index contributed by atoms with van der Waals surface area (Å²) in [5.41, 5.74) is 2.20.